The van der Waals surface area contributed by atoms with Crippen LogP contribution in [0.2, 0.25) is 0 Å². The molecule has 0 aliphatic carbocycles. The van der Waals surface area contributed by atoms with Crippen LogP contribution in [0.1, 0.15) is 110 Å². The summed E-state index contributed by atoms with van der Waals surface area (Å²) in [5.74, 6) is 0.933. The number of unbranched alkanes of at least 4 members (excludes halogenated alkanes) is 15. The minimum Gasteiger partial charge on any atom is -0.481 e. The summed E-state index contributed by atoms with van der Waals surface area (Å²) in [6.45, 7) is 3.26. The molecule has 0 radical (unpaired) electrons. The van der Waals surface area contributed by atoms with Crippen LogP contribution >= 0.6 is 0 Å². The first-order valence-corrected chi connectivity index (χ1v) is 13.2. The van der Waals surface area contributed by atoms with Crippen LogP contribution in [0.4, 0.5) is 0 Å². The second kappa shape index (κ2) is 21.5. The molecule has 32 heavy (non-hydrogen) atoms. The zero-order chi connectivity index (χ0) is 23.1. The van der Waals surface area contributed by atoms with E-state index in [1.165, 1.54) is 96.3 Å². The fraction of sp³-hybridized carbons (Fsp3) is 0.815. The van der Waals surface area contributed by atoms with Crippen molar-refractivity contribution in [1.82, 2.24) is 4.98 Å². The molecule has 1 rings (SSSR count). The van der Waals surface area contributed by atoms with Gasteiger partial charge in [-0.15, -0.1) is 0 Å². The Morgan fingerprint density at radius 1 is 0.750 bits per heavy atom. The Kier molecular flexibility index (Phi) is 19.3. The number of methoxy groups -OCH3 is 1. The summed E-state index contributed by atoms with van der Waals surface area (Å²) in [5, 5.41) is 9.49. The fourth-order valence-electron chi connectivity index (χ4n) is 3.84. The maximum Gasteiger partial charge on any atom is 0.216 e. The highest BCUT2D eigenvalue weighted by molar-refractivity contribution is 5.19. The summed E-state index contributed by atoms with van der Waals surface area (Å²) < 4.78 is 16.4. The lowest BCUT2D eigenvalue weighted by atomic mass is 10.0. The van der Waals surface area contributed by atoms with Crippen LogP contribution in [0, 0.1) is 0 Å². The predicted molar refractivity (Wildman–Crippen MR) is 133 cm³/mol. The third-order valence-electron chi connectivity index (χ3n) is 5.84. The molecule has 0 aromatic carbocycles. The summed E-state index contributed by atoms with van der Waals surface area (Å²) in [4.78, 5) is 4.20. The molecule has 0 bridgehead atoms. The normalized spacial score (nSPS) is 12.1. The van der Waals surface area contributed by atoms with Crippen molar-refractivity contribution >= 4 is 0 Å². The zero-order valence-electron chi connectivity index (χ0n) is 20.9. The first-order valence-electron chi connectivity index (χ1n) is 13.2. The standard InChI is InChI=1S/C27H49NO4/c1-3-4-5-6-7-8-9-10-11-12-13-14-15-16-17-18-22-31-24-25(23-29)32-27-21-19-20-26(28-27)30-2/h19-21,25,29H,3-18,22-24H2,1-2H3/t25-/m0/s1. The quantitative estimate of drug-likeness (QED) is 0.180. The number of rotatable bonds is 23. The van der Waals surface area contributed by atoms with Gasteiger partial charge in [0.25, 0.3) is 0 Å². The zero-order valence-corrected chi connectivity index (χ0v) is 20.9. The van der Waals surface area contributed by atoms with Crippen LogP contribution < -0.4 is 9.47 Å². The van der Waals surface area contributed by atoms with Crippen molar-refractivity contribution in [3.05, 3.63) is 18.2 Å². The van der Waals surface area contributed by atoms with Gasteiger partial charge in [0.2, 0.25) is 11.8 Å². The van der Waals surface area contributed by atoms with Crippen molar-refractivity contribution in [3.8, 4) is 11.8 Å². The molecule has 1 N–H and O–H groups in total. The Labute approximate surface area is 197 Å². The monoisotopic (exact) mass is 451 g/mol. The van der Waals surface area contributed by atoms with Gasteiger partial charge < -0.3 is 19.3 Å². The highest BCUT2D eigenvalue weighted by Crippen LogP contribution is 2.15. The average Bonchev–Trinajstić information content (AvgIpc) is 2.82. The van der Waals surface area contributed by atoms with Gasteiger partial charge in [-0.05, 0) is 6.42 Å². The van der Waals surface area contributed by atoms with Gasteiger partial charge in [-0.3, -0.25) is 0 Å². The first-order chi connectivity index (χ1) is 15.8. The van der Waals surface area contributed by atoms with Crippen LogP contribution in [0.15, 0.2) is 18.2 Å². The molecular formula is C27H49NO4. The van der Waals surface area contributed by atoms with E-state index in [4.69, 9.17) is 14.2 Å². The number of aliphatic hydroxyl groups is 1. The molecular weight excluding hydrogens is 402 g/mol. The van der Waals surface area contributed by atoms with Gasteiger partial charge in [-0.25, -0.2) is 0 Å². The van der Waals surface area contributed by atoms with Crippen LogP contribution in [-0.4, -0.2) is 43.1 Å². The molecule has 1 heterocycles. The number of aromatic nitrogens is 1. The molecule has 0 aliphatic rings. The lowest BCUT2D eigenvalue weighted by Gasteiger charge is -2.16. The fourth-order valence-corrected chi connectivity index (χ4v) is 3.84. The van der Waals surface area contributed by atoms with E-state index < -0.39 is 6.10 Å². The molecule has 5 heteroatoms. The predicted octanol–water partition coefficient (Wildman–Crippen LogP) is 7.11. The van der Waals surface area contributed by atoms with Gasteiger partial charge in [0.1, 0.15) is 6.10 Å². The number of ether oxygens (including phenoxy) is 3. The SMILES string of the molecule is CCCCCCCCCCCCCCCCCCOC[C@H](CO)Oc1cccc(OC)n1. The third-order valence-corrected chi connectivity index (χ3v) is 5.84. The smallest absolute Gasteiger partial charge is 0.216 e. The number of hydrogen-bond acceptors (Lipinski definition) is 5. The maximum atomic E-state index is 9.49. The van der Waals surface area contributed by atoms with Gasteiger partial charge in [-0.2, -0.15) is 4.98 Å². The van der Waals surface area contributed by atoms with Gasteiger partial charge in [-0.1, -0.05) is 109 Å². The van der Waals surface area contributed by atoms with Gasteiger partial charge in [0.15, 0.2) is 0 Å². The van der Waals surface area contributed by atoms with E-state index in [0.29, 0.717) is 25.0 Å². The Hall–Kier alpha value is -1.33. The number of aliphatic hydroxyl groups excluding tert-OH is 1. The third kappa shape index (κ3) is 16.3. The molecule has 0 amide bonds. The number of hydrogen-bond donors (Lipinski definition) is 1. The minimum absolute atomic E-state index is 0.0994. The highest BCUT2D eigenvalue weighted by atomic mass is 16.5. The molecule has 0 fully saturated rings. The van der Waals surface area contributed by atoms with E-state index in [9.17, 15) is 5.11 Å². The molecule has 0 saturated carbocycles. The molecule has 186 valence electrons. The van der Waals surface area contributed by atoms with Crippen LogP contribution in [-0.2, 0) is 4.74 Å². The van der Waals surface area contributed by atoms with E-state index in [0.717, 1.165) is 6.42 Å². The molecule has 1 aromatic rings. The second-order valence-corrected chi connectivity index (χ2v) is 8.82. The van der Waals surface area contributed by atoms with Crippen molar-refractivity contribution in [2.45, 2.75) is 116 Å². The van der Waals surface area contributed by atoms with Crippen molar-refractivity contribution in [2.75, 3.05) is 26.9 Å². The summed E-state index contributed by atoms with van der Waals surface area (Å²) in [5.41, 5.74) is 0. The minimum atomic E-state index is -0.407. The van der Waals surface area contributed by atoms with Crippen LogP contribution in [0.5, 0.6) is 11.8 Å². The van der Waals surface area contributed by atoms with E-state index in [2.05, 4.69) is 11.9 Å². The molecule has 0 spiro atoms. The molecule has 0 unspecified atom stereocenters. The highest BCUT2D eigenvalue weighted by Gasteiger charge is 2.11. The summed E-state index contributed by atoms with van der Waals surface area (Å²) in [6.07, 6.45) is 21.4. The summed E-state index contributed by atoms with van der Waals surface area (Å²) >= 11 is 0. The van der Waals surface area contributed by atoms with Crippen molar-refractivity contribution in [1.29, 1.82) is 0 Å². The Bertz CT molecular complexity index is 526. The molecule has 5 nitrogen and oxygen atoms in total. The van der Waals surface area contributed by atoms with E-state index in [1.54, 1.807) is 19.2 Å². The molecule has 1 aromatic heterocycles. The summed E-state index contributed by atoms with van der Waals surface area (Å²) in [6, 6.07) is 5.32. The topological polar surface area (TPSA) is 60.8 Å². The Balaban J connectivity index is 1.85. The van der Waals surface area contributed by atoms with E-state index in [-0.39, 0.29) is 6.61 Å². The summed E-state index contributed by atoms with van der Waals surface area (Å²) in [7, 11) is 1.57. The lowest BCUT2D eigenvalue weighted by molar-refractivity contribution is 0.0165. The molecule has 0 saturated heterocycles. The van der Waals surface area contributed by atoms with Crippen molar-refractivity contribution < 1.29 is 19.3 Å². The van der Waals surface area contributed by atoms with Crippen molar-refractivity contribution in [2.24, 2.45) is 0 Å². The van der Waals surface area contributed by atoms with E-state index in [1.807, 2.05) is 6.07 Å². The maximum absolute atomic E-state index is 9.49. The molecule has 1 atom stereocenters. The van der Waals surface area contributed by atoms with Crippen LogP contribution in [0.3, 0.4) is 0 Å². The molecule has 0 aliphatic heterocycles. The second-order valence-electron chi connectivity index (χ2n) is 8.82. The Morgan fingerprint density at radius 3 is 1.75 bits per heavy atom. The Morgan fingerprint density at radius 2 is 1.25 bits per heavy atom. The van der Waals surface area contributed by atoms with Gasteiger partial charge >= 0.3 is 0 Å². The van der Waals surface area contributed by atoms with Gasteiger partial charge in [0, 0.05) is 18.7 Å². The largest absolute Gasteiger partial charge is 0.481 e. The van der Waals surface area contributed by atoms with E-state index >= 15 is 0 Å². The van der Waals surface area contributed by atoms with Gasteiger partial charge in [0.05, 0.1) is 20.3 Å². The van der Waals surface area contributed by atoms with Crippen molar-refractivity contribution in [3.63, 3.8) is 0 Å². The first kappa shape index (κ1) is 28.7. The number of nitrogens with zero attached hydrogens (tertiary/aromatic N) is 1. The van der Waals surface area contributed by atoms with Crippen LogP contribution in [0.25, 0.3) is 0 Å². The average molecular weight is 452 g/mol. The number of pyridine rings is 1. The lowest BCUT2D eigenvalue weighted by Crippen LogP contribution is -2.27.